The maximum atomic E-state index is 11.6. The molecule has 3 nitrogen and oxygen atoms in total. The van der Waals surface area contributed by atoms with Gasteiger partial charge in [0.05, 0.1) is 18.6 Å². The van der Waals surface area contributed by atoms with Crippen LogP contribution in [0, 0.1) is 17.8 Å². The van der Waals surface area contributed by atoms with Crippen molar-refractivity contribution in [2.75, 3.05) is 6.61 Å². The molecule has 0 saturated heterocycles. The van der Waals surface area contributed by atoms with Crippen molar-refractivity contribution in [3.63, 3.8) is 0 Å². The molecule has 0 aromatic heterocycles. The van der Waals surface area contributed by atoms with Crippen LogP contribution in [0.15, 0.2) is 12.2 Å². The molecule has 0 unspecified atom stereocenters. The predicted octanol–water partition coefficient (Wildman–Crippen LogP) is 1.51. The Morgan fingerprint density at radius 3 is 3.00 bits per heavy atom. The monoisotopic (exact) mass is 210 g/mol. The third-order valence-electron chi connectivity index (χ3n) is 3.45. The van der Waals surface area contributed by atoms with E-state index in [9.17, 15) is 9.90 Å². The summed E-state index contributed by atoms with van der Waals surface area (Å²) >= 11 is 0. The lowest BCUT2D eigenvalue weighted by Gasteiger charge is -2.07. The molecule has 0 spiro atoms. The van der Waals surface area contributed by atoms with Crippen LogP contribution in [0.4, 0.5) is 0 Å². The van der Waals surface area contributed by atoms with Crippen molar-refractivity contribution in [1.29, 1.82) is 0 Å². The SMILES string of the molecule is CCOC(=O)[C@H]1[C@@H]2CC[C@@H](O)/C=C/C[C@@H]21. The minimum absolute atomic E-state index is 0.0442. The molecule has 0 aliphatic heterocycles. The molecule has 15 heavy (non-hydrogen) atoms. The largest absolute Gasteiger partial charge is 0.466 e. The number of rotatable bonds is 2. The Labute approximate surface area is 90.1 Å². The van der Waals surface area contributed by atoms with Gasteiger partial charge in [0, 0.05) is 0 Å². The lowest BCUT2D eigenvalue weighted by molar-refractivity contribution is -0.145. The molecule has 2 aliphatic rings. The van der Waals surface area contributed by atoms with Gasteiger partial charge in [0.2, 0.25) is 0 Å². The van der Waals surface area contributed by atoms with Crippen LogP contribution >= 0.6 is 0 Å². The number of carbonyl (C=O) groups excluding carboxylic acids is 1. The minimum Gasteiger partial charge on any atom is -0.466 e. The third kappa shape index (κ3) is 2.23. The maximum Gasteiger partial charge on any atom is 0.309 e. The van der Waals surface area contributed by atoms with Crippen LogP contribution in [0.2, 0.25) is 0 Å². The zero-order valence-electron chi connectivity index (χ0n) is 9.06. The number of hydrogen-bond donors (Lipinski definition) is 1. The van der Waals surface area contributed by atoms with Crippen LogP contribution in [-0.2, 0) is 9.53 Å². The highest BCUT2D eigenvalue weighted by molar-refractivity contribution is 5.76. The second-order valence-corrected chi connectivity index (χ2v) is 4.41. The quantitative estimate of drug-likeness (QED) is 0.555. The fourth-order valence-corrected chi connectivity index (χ4v) is 2.60. The van der Waals surface area contributed by atoms with Gasteiger partial charge in [-0.2, -0.15) is 0 Å². The van der Waals surface area contributed by atoms with Gasteiger partial charge in [-0.1, -0.05) is 12.2 Å². The van der Waals surface area contributed by atoms with E-state index >= 15 is 0 Å². The smallest absolute Gasteiger partial charge is 0.309 e. The van der Waals surface area contributed by atoms with Crippen molar-refractivity contribution in [2.45, 2.75) is 32.3 Å². The van der Waals surface area contributed by atoms with Gasteiger partial charge in [-0.25, -0.2) is 0 Å². The van der Waals surface area contributed by atoms with Crippen molar-refractivity contribution >= 4 is 5.97 Å². The molecule has 3 heteroatoms. The lowest BCUT2D eigenvalue weighted by Crippen LogP contribution is -2.09. The average molecular weight is 210 g/mol. The molecule has 2 aliphatic carbocycles. The molecule has 4 atom stereocenters. The van der Waals surface area contributed by atoms with Gasteiger partial charge in [-0.3, -0.25) is 4.79 Å². The van der Waals surface area contributed by atoms with E-state index in [1.165, 1.54) is 0 Å². The maximum absolute atomic E-state index is 11.6. The van der Waals surface area contributed by atoms with E-state index in [0.717, 1.165) is 19.3 Å². The van der Waals surface area contributed by atoms with Crippen LogP contribution < -0.4 is 0 Å². The van der Waals surface area contributed by atoms with Gasteiger partial charge in [-0.05, 0) is 38.0 Å². The number of fused-ring (bicyclic) bond motifs is 1. The fraction of sp³-hybridized carbons (Fsp3) is 0.750. The van der Waals surface area contributed by atoms with Crippen LogP contribution in [0.5, 0.6) is 0 Å². The lowest BCUT2D eigenvalue weighted by atomic mass is 10.0. The normalized spacial score (nSPS) is 40.9. The molecule has 2 rings (SSSR count). The highest BCUT2D eigenvalue weighted by Crippen LogP contribution is 2.53. The Morgan fingerprint density at radius 2 is 2.27 bits per heavy atom. The molecule has 0 amide bonds. The first-order valence-electron chi connectivity index (χ1n) is 5.75. The molecule has 0 aromatic rings. The van der Waals surface area contributed by atoms with E-state index in [2.05, 4.69) is 0 Å². The summed E-state index contributed by atoms with van der Waals surface area (Å²) < 4.78 is 5.04. The number of esters is 1. The predicted molar refractivity (Wildman–Crippen MR) is 56.1 cm³/mol. The summed E-state index contributed by atoms with van der Waals surface area (Å²) in [7, 11) is 0. The van der Waals surface area contributed by atoms with Crippen molar-refractivity contribution in [2.24, 2.45) is 17.8 Å². The minimum atomic E-state index is -0.325. The third-order valence-corrected chi connectivity index (χ3v) is 3.45. The van der Waals surface area contributed by atoms with Gasteiger partial charge in [0.15, 0.2) is 0 Å². The summed E-state index contributed by atoms with van der Waals surface area (Å²) in [5, 5.41) is 9.48. The van der Waals surface area contributed by atoms with Crippen molar-refractivity contribution < 1.29 is 14.6 Å². The van der Waals surface area contributed by atoms with Gasteiger partial charge < -0.3 is 9.84 Å². The number of ether oxygens (including phenoxy) is 1. The van der Waals surface area contributed by atoms with Gasteiger partial charge >= 0.3 is 5.97 Å². The zero-order valence-corrected chi connectivity index (χ0v) is 9.06. The first kappa shape index (κ1) is 10.7. The van der Waals surface area contributed by atoms with Crippen molar-refractivity contribution in [3.8, 4) is 0 Å². The Hall–Kier alpha value is -0.830. The van der Waals surface area contributed by atoms with E-state index in [1.54, 1.807) is 0 Å². The molecular weight excluding hydrogens is 192 g/mol. The van der Waals surface area contributed by atoms with E-state index in [1.807, 2.05) is 19.1 Å². The average Bonchev–Trinajstić information content (AvgIpc) is 2.85. The Bertz CT molecular complexity index is 272. The fourth-order valence-electron chi connectivity index (χ4n) is 2.60. The van der Waals surface area contributed by atoms with Gasteiger partial charge in [0.1, 0.15) is 0 Å². The Kier molecular flexibility index (Phi) is 3.10. The van der Waals surface area contributed by atoms with Crippen LogP contribution in [0.1, 0.15) is 26.2 Å². The molecule has 1 N–H and O–H groups in total. The van der Waals surface area contributed by atoms with E-state index in [4.69, 9.17) is 4.74 Å². The molecule has 0 aromatic carbocycles. The molecular formula is C12H18O3. The summed E-state index contributed by atoms with van der Waals surface area (Å²) in [4.78, 5) is 11.6. The standard InChI is InChI=1S/C12H18O3/c1-2-15-12(14)11-9-5-3-4-8(13)6-7-10(9)11/h3-4,8-11,13H,2,5-7H2,1H3/b4-3+/t8-,9-,10+,11+/m0/s1. The molecule has 0 radical (unpaired) electrons. The molecule has 1 saturated carbocycles. The summed E-state index contributed by atoms with van der Waals surface area (Å²) in [6.07, 6.45) is 6.14. The second-order valence-electron chi connectivity index (χ2n) is 4.41. The topological polar surface area (TPSA) is 46.5 Å². The zero-order chi connectivity index (χ0) is 10.8. The number of aliphatic hydroxyl groups is 1. The van der Waals surface area contributed by atoms with Crippen LogP contribution in [-0.4, -0.2) is 23.8 Å². The van der Waals surface area contributed by atoms with Crippen LogP contribution in [0.25, 0.3) is 0 Å². The molecule has 0 heterocycles. The molecule has 1 fully saturated rings. The number of aliphatic hydroxyl groups excluding tert-OH is 1. The second kappa shape index (κ2) is 4.35. The Morgan fingerprint density at radius 1 is 1.47 bits per heavy atom. The highest BCUT2D eigenvalue weighted by atomic mass is 16.5. The first-order chi connectivity index (χ1) is 7.24. The summed E-state index contributed by atoms with van der Waals surface area (Å²) in [5.74, 6) is 0.966. The van der Waals surface area contributed by atoms with Crippen molar-refractivity contribution in [3.05, 3.63) is 12.2 Å². The van der Waals surface area contributed by atoms with E-state index in [-0.39, 0.29) is 18.0 Å². The van der Waals surface area contributed by atoms with Gasteiger partial charge in [0.25, 0.3) is 0 Å². The van der Waals surface area contributed by atoms with E-state index < -0.39 is 0 Å². The molecule has 0 bridgehead atoms. The first-order valence-corrected chi connectivity index (χ1v) is 5.75. The number of allylic oxidation sites excluding steroid dienone is 1. The summed E-state index contributed by atoms with van der Waals surface area (Å²) in [5.41, 5.74) is 0. The summed E-state index contributed by atoms with van der Waals surface area (Å²) in [6, 6.07) is 0. The van der Waals surface area contributed by atoms with Crippen molar-refractivity contribution in [1.82, 2.24) is 0 Å². The summed E-state index contributed by atoms with van der Waals surface area (Å²) in [6.45, 7) is 2.30. The molecule has 84 valence electrons. The van der Waals surface area contributed by atoms with Crippen LogP contribution in [0.3, 0.4) is 0 Å². The number of carbonyl (C=O) groups is 1. The Balaban J connectivity index is 1.93. The van der Waals surface area contributed by atoms with E-state index in [0.29, 0.717) is 18.4 Å². The van der Waals surface area contributed by atoms with Gasteiger partial charge in [-0.15, -0.1) is 0 Å². The highest BCUT2D eigenvalue weighted by Gasteiger charge is 2.54. The number of hydrogen-bond acceptors (Lipinski definition) is 3.